The summed E-state index contributed by atoms with van der Waals surface area (Å²) in [7, 11) is 0. The Balaban J connectivity index is 1.99. The summed E-state index contributed by atoms with van der Waals surface area (Å²) in [6, 6.07) is 0. The van der Waals surface area contributed by atoms with Crippen molar-refractivity contribution in [2.75, 3.05) is 24.5 Å². The minimum Gasteiger partial charge on any atom is -0.465 e. The number of carbonyl (C=O) groups is 1. The molecule has 3 rings (SSSR count). The van der Waals surface area contributed by atoms with E-state index < -0.39 is 11.6 Å². The third-order valence-corrected chi connectivity index (χ3v) is 5.04. The summed E-state index contributed by atoms with van der Waals surface area (Å²) in [6.45, 7) is 8.10. The van der Waals surface area contributed by atoms with Crippen LogP contribution in [0.4, 0.5) is 10.7 Å². The maximum atomic E-state index is 11.9. The van der Waals surface area contributed by atoms with Crippen molar-refractivity contribution in [3.8, 4) is 0 Å². The zero-order valence-corrected chi connectivity index (χ0v) is 13.4. The van der Waals surface area contributed by atoms with Gasteiger partial charge in [-0.2, -0.15) is 5.10 Å². The van der Waals surface area contributed by atoms with E-state index in [9.17, 15) is 9.90 Å². The van der Waals surface area contributed by atoms with Crippen LogP contribution in [-0.4, -0.2) is 56.5 Å². The fourth-order valence-electron chi connectivity index (χ4n) is 3.86. The lowest BCUT2D eigenvalue weighted by Crippen LogP contribution is -2.70. The number of carboxylic acid groups (broad SMARTS) is 1. The van der Waals surface area contributed by atoms with E-state index in [1.54, 1.807) is 17.3 Å². The minimum atomic E-state index is -0.825. The first-order chi connectivity index (χ1) is 10.4. The van der Waals surface area contributed by atoms with Crippen LogP contribution in [0, 0.1) is 11.3 Å². The molecule has 7 nitrogen and oxygen atoms in total. The standard InChI is InChI=1S/C15H23N5O2/c1-14(2,3)15(11-4-5-11)10-19(8-9-20(15)13(21)22)12-16-6-7-17-18-12/h6-7,11H,4-5,8-10H2,1-3H3,(H,21,22)/t15-/m0/s1. The minimum absolute atomic E-state index is 0.159. The van der Waals surface area contributed by atoms with Gasteiger partial charge in [0.1, 0.15) is 0 Å². The van der Waals surface area contributed by atoms with Crippen LogP contribution in [0.1, 0.15) is 33.6 Å². The van der Waals surface area contributed by atoms with Gasteiger partial charge in [0.15, 0.2) is 0 Å². The first kappa shape index (κ1) is 15.0. The molecule has 2 fully saturated rings. The van der Waals surface area contributed by atoms with Crippen molar-refractivity contribution in [1.82, 2.24) is 20.1 Å². The molecule has 1 atom stereocenters. The molecule has 0 bridgehead atoms. The van der Waals surface area contributed by atoms with Crippen LogP contribution in [0.3, 0.4) is 0 Å². The molecule has 1 amide bonds. The third kappa shape index (κ3) is 2.28. The summed E-state index contributed by atoms with van der Waals surface area (Å²) >= 11 is 0. The van der Waals surface area contributed by atoms with Gasteiger partial charge in [-0.3, -0.25) is 4.90 Å². The molecular formula is C15H23N5O2. The predicted molar refractivity (Wildman–Crippen MR) is 81.7 cm³/mol. The fourth-order valence-corrected chi connectivity index (χ4v) is 3.86. The van der Waals surface area contributed by atoms with E-state index in [2.05, 4.69) is 40.9 Å². The second-order valence-electron chi connectivity index (χ2n) is 7.25. The van der Waals surface area contributed by atoms with Gasteiger partial charge in [0.2, 0.25) is 5.95 Å². The van der Waals surface area contributed by atoms with Crippen LogP contribution in [0.5, 0.6) is 0 Å². The Labute approximate surface area is 130 Å². The normalized spacial score (nSPS) is 26.1. The molecule has 1 aliphatic heterocycles. The highest BCUT2D eigenvalue weighted by Crippen LogP contribution is 2.53. The average molecular weight is 305 g/mol. The Bertz CT molecular complexity index is 555. The summed E-state index contributed by atoms with van der Waals surface area (Å²) < 4.78 is 0. The first-order valence-corrected chi connectivity index (χ1v) is 7.75. The van der Waals surface area contributed by atoms with E-state index in [4.69, 9.17) is 0 Å². The zero-order chi connectivity index (χ0) is 16.0. The molecule has 0 radical (unpaired) electrons. The molecule has 22 heavy (non-hydrogen) atoms. The Kier molecular flexibility index (Phi) is 3.45. The van der Waals surface area contributed by atoms with Crippen molar-refractivity contribution < 1.29 is 9.90 Å². The van der Waals surface area contributed by atoms with Crippen LogP contribution < -0.4 is 4.90 Å². The Morgan fingerprint density at radius 3 is 2.55 bits per heavy atom. The molecule has 0 aromatic carbocycles. The van der Waals surface area contributed by atoms with Gasteiger partial charge in [-0.05, 0) is 24.2 Å². The maximum Gasteiger partial charge on any atom is 0.407 e. The molecular weight excluding hydrogens is 282 g/mol. The van der Waals surface area contributed by atoms with Crippen molar-refractivity contribution in [2.24, 2.45) is 11.3 Å². The predicted octanol–water partition coefficient (Wildman–Crippen LogP) is 1.87. The largest absolute Gasteiger partial charge is 0.465 e. The van der Waals surface area contributed by atoms with E-state index in [-0.39, 0.29) is 5.41 Å². The van der Waals surface area contributed by atoms with Crippen LogP contribution in [0.25, 0.3) is 0 Å². The van der Waals surface area contributed by atoms with Gasteiger partial charge in [0.25, 0.3) is 0 Å². The molecule has 120 valence electrons. The third-order valence-electron chi connectivity index (χ3n) is 5.04. The first-order valence-electron chi connectivity index (χ1n) is 7.75. The summed E-state index contributed by atoms with van der Waals surface area (Å²) in [4.78, 5) is 19.9. The molecule has 1 aromatic rings. The fraction of sp³-hybridized carbons (Fsp3) is 0.733. The highest BCUT2D eigenvalue weighted by Gasteiger charge is 2.60. The number of hydrogen-bond donors (Lipinski definition) is 1. The van der Waals surface area contributed by atoms with Crippen LogP contribution in [0.2, 0.25) is 0 Å². The number of rotatable bonds is 2. The number of nitrogens with zero attached hydrogens (tertiary/aromatic N) is 5. The Morgan fingerprint density at radius 1 is 1.32 bits per heavy atom. The molecule has 7 heteroatoms. The van der Waals surface area contributed by atoms with E-state index in [1.807, 2.05) is 0 Å². The monoisotopic (exact) mass is 305 g/mol. The van der Waals surface area contributed by atoms with Crippen molar-refractivity contribution in [1.29, 1.82) is 0 Å². The molecule has 0 unspecified atom stereocenters. The molecule has 1 N–H and O–H groups in total. The lowest BCUT2D eigenvalue weighted by Gasteiger charge is -2.56. The lowest BCUT2D eigenvalue weighted by molar-refractivity contribution is -0.0221. The van der Waals surface area contributed by atoms with Crippen molar-refractivity contribution >= 4 is 12.0 Å². The van der Waals surface area contributed by atoms with Crippen molar-refractivity contribution in [2.45, 2.75) is 39.2 Å². The van der Waals surface area contributed by atoms with Gasteiger partial charge in [0, 0.05) is 19.6 Å². The van der Waals surface area contributed by atoms with E-state index in [1.165, 1.54) is 0 Å². The zero-order valence-electron chi connectivity index (χ0n) is 13.4. The van der Waals surface area contributed by atoms with Crippen LogP contribution >= 0.6 is 0 Å². The number of anilines is 1. The van der Waals surface area contributed by atoms with Gasteiger partial charge < -0.3 is 10.0 Å². The highest BCUT2D eigenvalue weighted by atomic mass is 16.4. The molecule has 2 heterocycles. The van der Waals surface area contributed by atoms with E-state index in [0.717, 1.165) is 12.8 Å². The average Bonchev–Trinajstić information content (AvgIpc) is 3.31. The van der Waals surface area contributed by atoms with Crippen molar-refractivity contribution in [3.05, 3.63) is 12.4 Å². The Hall–Kier alpha value is -1.92. The number of aromatic nitrogens is 3. The number of amides is 1. The molecule has 1 aromatic heterocycles. The highest BCUT2D eigenvalue weighted by molar-refractivity contribution is 5.67. The van der Waals surface area contributed by atoms with Gasteiger partial charge in [-0.1, -0.05) is 20.8 Å². The molecule has 0 spiro atoms. The van der Waals surface area contributed by atoms with Crippen LogP contribution in [0.15, 0.2) is 12.4 Å². The topological polar surface area (TPSA) is 82.5 Å². The maximum absolute atomic E-state index is 11.9. The van der Waals surface area contributed by atoms with Gasteiger partial charge in [0.05, 0.1) is 17.9 Å². The van der Waals surface area contributed by atoms with Gasteiger partial charge in [-0.15, -0.1) is 5.10 Å². The van der Waals surface area contributed by atoms with Gasteiger partial charge >= 0.3 is 6.09 Å². The number of piperazine rings is 1. The van der Waals surface area contributed by atoms with Crippen LogP contribution in [-0.2, 0) is 0 Å². The second-order valence-corrected chi connectivity index (χ2v) is 7.25. The summed E-state index contributed by atoms with van der Waals surface area (Å²) in [5, 5.41) is 17.7. The molecule has 1 saturated carbocycles. The SMILES string of the molecule is CC(C)(C)[C@@]1(C2CC2)CN(c2nccnn2)CCN1C(=O)O. The molecule has 2 aliphatic rings. The van der Waals surface area contributed by atoms with Gasteiger partial charge in [-0.25, -0.2) is 9.78 Å². The second kappa shape index (κ2) is 5.07. The van der Waals surface area contributed by atoms with E-state index >= 15 is 0 Å². The molecule has 1 aliphatic carbocycles. The van der Waals surface area contributed by atoms with Crippen molar-refractivity contribution in [3.63, 3.8) is 0 Å². The lowest BCUT2D eigenvalue weighted by atomic mass is 9.68. The summed E-state index contributed by atoms with van der Waals surface area (Å²) in [5.41, 5.74) is -0.566. The molecule has 1 saturated heterocycles. The quantitative estimate of drug-likeness (QED) is 0.898. The Morgan fingerprint density at radius 2 is 2.05 bits per heavy atom. The summed E-state index contributed by atoms with van der Waals surface area (Å²) in [5.74, 6) is 0.991. The van der Waals surface area contributed by atoms with E-state index in [0.29, 0.717) is 31.5 Å². The smallest absolute Gasteiger partial charge is 0.407 e. The summed E-state index contributed by atoms with van der Waals surface area (Å²) in [6.07, 6.45) is 4.52. The number of hydrogen-bond acceptors (Lipinski definition) is 5.